The van der Waals surface area contributed by atoms with Crippen LogP contribution in [0, 0.1) is 0 Å². The van der Waals surface area contributed by atoms with E-state index in [2.05, 4.69) is 10.4 Å². The third-order valence-electron chi connectivity index (χ3n) is 7.53. The number of carbonyl (C=O) groups excluding carboxylic acids is 1. The number of ether oxygens (including phenoxy) is 6. The Bertz CT molecular complexity index is 1340. The molecule has 12 nitrogen and oxygen atoms in total. The van der Waals surface area contributed by atoms with Gasteiger partial charge in [0, 0.05) is 56.8 Å². The molecule has 2 fully saturated rings. The largest absolute Gasteiger partial charge is 0.497 e. The number of fused-ring (bicyclic) bond motifs is 5. The number of carbonyl (C=O) groups is 1. The minimum atomic E-state index is -0.544. The first-order valence-corrected chi connectivity index (χ1v) is 13.7. The molecule has 0 spiro atoms. The summed E-state index contributed by atoms with van der Waals surface area (Å²) in [6.07, 6.45) is 5.13. The molecule has 0 aliphatic carbocycles. The first kappa shape index (κ1) is 26.6. The molecule has 2 aromatic heterocycles. The average Bonchev–Trinajstić information content (AvgIpc) is 3.52. The molecule has 6 rings (SSSR count). The van der Waals surface area contributed by atoms with Crippen molar-refractivity contribution in [1.29, 1.82) is 0 Å². The molecule has 1 N–H and O–H groups in total. The predicted molar refractivity (Wildman–Crippen MR) is 145 cm³/mol. The van der Waals surface area contributed by atoms with Crippen molar-refractivity contribution < 1.29 is 33.2 Å². The van der Waals surface area contributed by atoms with E-state index in [-0.39, 0.29) is 24.7 Å². The lowest BCUT2D eigenvalue weighted by molar-refractivity contribution is -0.138. The van der Waals surface area contributed by atoms with Crippen molar-refractivity contribution in [2.45, 2.75) is 37.5 Å². The van der Waals surface area contributed by atoms with E-state index in [0.717, 1.165) is 29.7 Å². The maximum atomic E-state index is 13.3. The maximum Gasteiger partial charge on any atom is 0.260 e. The van der Waals surface area contributed by atoms with Crippen LogP contribution in [-0.2, 0) is 19.0 Å². The van der Waals surface area contributed by atoms with Crippen LogP contribution >= 0.6 is 0 Å². The molecular formula is C28H35N5O7. The molecule has 0 radical (unpaired) electrons. The molecule has 2 atom stereocenters. The predicted octanol–water partition coefficient (Wildman–Crippen LogP) is 2.40. The van der Waals surface area contributed by atoms with Gasteiger partial charge in [0.1, 0.15) is 24.6 Å². The topological polar surface area (TPSA) is 118 Å². The van der Waals surface area contributed by atoms with Gasteiger partial charge in [-0.15, -0.1) is 0 Å². The number of anilines is 1. The number of rotatable bonds is 7. The summed E-state index contributed by atoms with van der Waals surface area (Å²) in [4.78, 5) is 20.1. The quantitative estimate of drug-likeness (QED) is 0.437. The smallest absolute Gasteiger partial charge is 0.260 e. The zero-order valence-corrected chi connectivity index (χ0v) is 22.8. The number of methoxy groups -OCH3 is 2. The highest BCUT2D eigenvalue weighted by atomic mass is 16.5. The molecule has 4 bridgehead atoms. The van der Waals surface area contributed by atoms with Gasteiger partial charge in [-0.05, 0) is 17.7 Å². The minimum absolute atomic E-state index is 0.00822. The Labute approximate surface area is 232 Å². The zero-order valence-electron chi connectivity index (χ0n) is 22.8. The SMILES string of the molecule is COCCO[C@@H]1C[C@H]2COc3nc4c(cnn4cc3OC3CCOCC3)-c3cc(cc(OC)c3)NCCN2C1=O. The summed E-state index contributed by atoms with van der Waals surface area (Å²) in [6.45, 7) is 3.37. The summed E-state index contributed by atoms with van der Waals surface area (Å²) in [7, 11) is 3.25. The normalized spacial score (nSPS) is 21.6. The van der Waals surface area contributed by atoms with Crippen molar-refractivity contribution in [2.75, 3.05) is 65.7 Å². The number of nitrogens with one attached hydrogen (secondary N) is 1. The molecule has 1 aromatic carbocycles. The van der Waals surface area contributed by atoms with Crippen LogP contribution in [0.3, 0.4) is 0 Å². The second kappa shape index (κ2) is 11.9. The van der Waals surface area contributed by atoms with E-state index in [1.54, 1.807) is 24.9 Å². The van der Waals surface area contributed by atoms with E-state index in [9.17, 15) is 4.79 Å². The Balaban J connectivity index is 1.38. The fourth-order valence-corrected chi connectivity index (χ4v) is 5.41. The Morgan fingerprint density at radius 3 is 2.85 bits per heavy atom. The Morgan fingerprint density at radius 2 is 2.02 bits per heavy atom. The van der Waals surface area contributed by atoms with E-state index >= 15 is 0 Å². The van der Waals surface area contributed by atoms with Gasteiger partial charge in [0.05, 0.1) is 52.0 Å². The first-order valence-electron chi connectivity index (χ1n) is 13.7. The number of hydrogen-bond donors (Lipinski definition) is 1. The molecule has 214 valence electrons. The first-order chi connectivity index (χ1) is 19.6. The van der Waals surface area contributed by atoms with Gasteiger partial charge in [0.25, 0.3) is 11.8 Å². The second-order valence-electron chi connectivity index (χ2n) is 10.1. The Kier molecular flexibility index (Phi) is 7.89. The van der Waals surface area contributed by atoms with Crippen LogP contribution in [0.15, 0.2) is 30.6 Å². The Morgan fingerprint density at radius 1 is 1.15 bits per heavy atom. The van der Waals surface area contributed by atoms with Crippen molar-refractivity contribution in [3.8, 4) is 28.5 Å². The molecule has 12 heteroatoms. The fraction of sp³-hybridized carbons (Fsp3) is 0.536. The van der Waals surface area contributed by atoms with Gasteiger partial charge in [-0.25, -0.2) is 4.52 Å². The van der Waals surface area contributed by atoms with Crippen molar-refractivity contribution in [3.05, 3.63) is 30.6 Å². The summed E-state index contributed by atoms with van der Waals surface area (Å²) < 4.78 is 36.5. The molecule has 40 heavy (non-hydrogen) atoms. The highest BCUT2D eigenvalue weighted by Crippen LogP contribution is 2.35. The third kappa shape index (κ3) is 5.51. The van der Waals surface area contributed by atoms with E-state index in [4.69, 9.17) is 33.4 Å². The van der Waals surface area contributed by atoms with Crippen LogP contribution in [0.4, 0.5) is 5.69 Å². The molecule has 3 aliphatic heterocycles. The van der Waals surface area contributed by atoms with Crippen LogP contribution in [0.5, 0.6) is 17.4 Å². The van der Waals surface area contributed by atoms with Crippen molar-refractivity contribution in [2.24, 2.45) is 0 Å². The number of aromatic nitrogens is 3. The van der Waals surface area contributed by atoms with Crippen molar-refractivity contribution >= 4 is 17.2 Å². The zero-order chi connectivity index (χ0) is 27.5. The summed E-state index contributed by atoms with van der Waals surface area (Å²) in [5.74, 6) is 1.53. The molecule has 2 saturated heterocycles. The van der Waals surface area contributed by atoms with Gasteiger partial charge in [-0.3, -0.25) is 4.79 Å². The highest BCUT2D eigenvalue weighted by Gasteiger charge is 2.40. The molecule has 1 amide bonds. The van der Waals surface area contributed by atoms with Gasteiger partial charge in [-0.2, -0.15) is 10.1 Å². The standard InChI is InChI=1S/C28H35N5O7/c1-35-9-10-38-24-14-20-17-39-27-25(40-21-3-7-37-8-4-21)16-33-26(31-27)23(15-30-33)18-11-19(13-22(12-18)36-2)29-5-6-32(20)28(24)34/h11-13,15-16,20-21,24,29H,3-10,14,17H2,1-2H3/t20-,24+/m0/s1. The highest BCUT2D eigenvalue weighted by molar-refractivity contribution is 5.84. The van der Waals surface area contributed by atoms with Crippen LogP contribution in [0.2, 0.25) is 0 Å². The third-order valence-corrected chi connectivity index (χ3v) is 7.53. The number of benzene rings is 1. The lowest BCUT2D eigenvalue weighted by Gasteiger charge is -2.26. The lowest BCUT2D eigenvalue weighted by atomic mass is 10.1. The second-order valence-corrected chi connectivity index (χ2v) is 10.1. The van der Waals surface area contributed by atoms with Gasteiger partial charge in [-0.1, -0.05) is 0 Å². The Hall–Kier alpha value is -3.61. The summed E-state index contributed by atoms with van der Waals surface area (Å²) >= 11 is 0. The van der Waals surface area contributed by atoms with Gasteiger partial charge < -0.3 is 38.6 Å². The lowest BCUT2D eigenvalue weighted by Crippen LogP contribution is -2.41. The van der Waals surface area contributed by atoms with Crippen molar-refractivity contribution in [3.63, 3.8) is 0 Å². The summed E-state index contributed by atoms with van der Waals surface area (Å²) in [5.41, 5.74) is 3.24. The monoisotopic (exact) mass is 553 g/mol. The van der Waals surface area contributed by atoms with Crippen LogP contribution in [0.1, 0.15) is 19.3 Å². The van der Waals surface area contributed by atoms with E-state index in [1.807, 2.05) is 29.3 Å². The fourth-order valence-electron chi connectivity index (χ4n) is 5.41. The molecule has 3 aliphatic rings. The van der Waals surface area contributed by atoms with Gasteiger partial charge >= 0.3 is 0 Å². The van der Waals surface area contributed by atoms with Crippen LogP contribution < -0.4 is 19.5 Å². The average molecular weight is 554 g/mol. The molecule has 3 aromatic rings. The number of nitrogens with zero attached hydrogens (tertiary/aromatic N) is 4. The minimum Gasteiger partial charge on any atom is -0.497 e. The van der Waals surface area contributed by atoms with E-state index < -0.39 is 6.10 Å². The summed E-state index contributed by atoms with van der Waals surface area (Å²) in [6, 6.07) is 5.72. The number of amides is 1. The molecule has 0 saturated carbocycles. The molecular weight excluding hydrogens is 518 g/mol. The molecule has 0 unspecified atom stereocenters. The molecule has 5 heterocycles. The number of hydrogen-bond acceptors (Lipinski definition) is 10. The van der Waals surface area contributed by atoms with E-state index in [0.29, 0.717) is 69.0 Å². The maximum absolute atomic E-state index is 13.3. The van der Waals surface area contributed by atoms with Crippen LogP contribution in [0.25, 0.3) is 16.8 Å². The van der Waals surface area contributed by atoms with Crippen molar-refractivity contribution in [1.82, 2.24) is 19.5 Å². The van der Waals surface area contributed by atoms with E-state index in [1.165, 1.54) is 0 Å². The van der Waals surface area contributed by atoms with Gasteiger partial charge in [0.15, 0.2) is 11.4 Å². The van der Waals surface area contributed by atoms with Crippen LogP contribution in [-0.4, -0.2) is 104 Å². The van der Waals surface area contributed by atoms with Gasteiger partial charge in [0.2, 0.25) is 0 Å². The summed E-state index contributed by atoms with van der Waals surface area (Å²) in [5, 5.41) is 8.02.